The molecular weight excluding hydrogens is 566 g/mol. The molecule has 2 fully saturated rings. The van der Waals surface area contributed by atoms with Gasteiger partial charge in [0.05, 0.1) is 17.4 Å². The van der Waals surface area contributed by atoms with Crippen LogP contribution in [0.4, 0.5) is 39.8 Å². The van der Waals surface area contributed by atoms with Crippen molar-refractivity contribution in [1.82, 2.24) is 30.0 Å². The van der Waals surface area contributed by atoms with E-state index in [1.165, 1.54) is 12.8 Å². The molecule has 0 saturated carbocycles. The van der Waals surface area contributed by atoms with Crippen molar-refractivity contribution in [2.24, 2.45) is 0 Å². The van der Waals surface area contributed by atoms with Crippen LogP contribution >= 0.6 is 0 Å². The number of anilines is 6. The summed E-state index contributed by atoms with van der Waals surface area (Å²) < 4.78 is 1.81. The van der Waals surface area contributed by atoms with E-state index in [0.717, 1.165) is 97.6 Å². The van der Waals surface area contributed by atoms with Gasteiger partial charge in [-0.2, -0.15) is 20.1 Å². The number of fused-ring (bicyclic) bond motifs is 1. The summed E-state index contributed by atoms with van der Waals surface area (Å²) in [4.78, 5) is 34.0. The predicted octanol–water partition coefficient (Wildman–Crippen LogP) is 5.38. The van der Waals surface area contributed by atoms with Crippen LogP contribution in [0.2, 0.25) is 0 Å². The normalized spacial score (nSPS) is 18.2. The Morgan fingerprint density at radius 2 is 1.40 bits per heavy atom. The van der Waals surface area contributed by atoms with Crippen molar-refractivity contribution in [1.29, 1.82) is 0 Å². The highest BCUT2D eigenvalue weighted by molar-refractivity contribution is 5.93. The van der Waals surface area contributed by atoms with Crippen molar-refractivity contribution < 1.29 is 4.79 Å². The number of carbonyl (C=O) groups excluding carboxylic acids is 1. The molecule has 0 aliphatic carbocycles. The monoisotopic (exact) mass is 607 g/mol. The maximum absolute atomic E-state index is 12.8. The number of aryl methyl sites for hydroxylation is 1. The van der Waals surface area contributed by atoms with Gasteiger partial charge < -0.3 is 25.3 Å². The molecule has 12 heteroatoms. The zero-order chi connectivity index (χ0) is 30.9. The number of urea groups is 1. The van der Waals surface area contributed by atoms with E-state index in [9.17, 15) is 4.79 Å². The second kappa shape index (κ2) is 12.3. The summed E-state index contributed by atoms with van der Waals surface area (Å²) in [5.74, 6) is 2.72. The van der Waals surface area contributed by atoms with Crippen LogP contribution in [-0.2, 0) is 0 Å². The number of carbonyl (C=O) groups is 1. The van der Waals surface area contributed by atoms with Crippen LogP contribution in [0.15, 0.2) is 48.5 Å². The minimum Gasteiger partial charge on any atom is -0.378 e. The van der Waals surface area contributed by atoms with E-state index in [1.54, 1.807) is 4.68 Å². The second-order valence-corrected chi connectivity index (χ2v) is 12.3. The summed E-state index contributed by atoms with van der Waals surface area (Å²) in [5.41, 5.74) is 5.61. The Kier molecular flexibility index (Phi) is 7.86. The first-order valence-electron chi connectivity index (χ1n) is 16.0. The van der Waals surface area contributed by atoms with Gasteiger partial charge in [-0.1, -0.05) is 12.1 Å². The fraction of sp³-hybridized carbons (Fsp3) is 0.424. The van der Waals surface area contributed by atoms with Gasteiger partial charge in [0.2, 0.25) is 17.8 Å². The zero-order valence-electron chi connectivity index (χ0n) is 26.3. The Hall–Kier alpha value is -4.87. The van der Waals surface area contributed by atoms with Crippen molar-refractivity contribution in [2.45, 2.75) is 51.5 Å². The van der Waals surface area contributed by atoms with Crippen LogP contribution in [0.1, 0.15) is 61.4 Å². The van der Waals surface area contributed by atoms with Crippen LogP contribution in [0, 0.1) is 6.92 Å². The van der Waals surface area contributed by atoms with Crippen molar-refractivity contribution in [3.8, 4) is 5.69 Å². The summed E-state index contributed by atoms with van der Waals surface area (Å²) in [6.07, 6.45) is 7.14. The summed E-state index contributed by atoms with van der Waals surface area (Å²) >= 11 is 0. The third-order valence-corrected chi connectivity index (χ3v) is 8.90. The molecular formula is C33H41N11O. The van der Waals surface area contributed by atoms with Gasteiger partial charge in [0.25, 0.3) is 0 Å². The van der Waals surface area contributed by atoms with Gasteiger partial charge in [-0.25, -0.2) is 9.48 Å². The third-order valence-electron chi connectivity index (χ3n) is 8.90. The molecule has 0 radical (unpaired) electrons. The first-order valence-corrected chi connectivity index (χ1v) is 16.0. The standard InChI is InChI=1S/C33H41N11O/c1-22-27-28(23-10-14-25(15-11-23)41(2)3)35-33(45)36-29(27)44(40-22)26-16-12-24(13-17-26)34-30-37-31(42-18-6-4-7-19-42)39-32(38-30)43-20-8-5-9-21-43/h10-17,28H,4-9,18-21H2,1-3H3,(H2,35,36,45)(H,34,37,38,39). The second-order valence-electron chi connectivity index (χ2n) is 12.3. The summed E-state index contributed by atoms with van der Waals surface area (Å²) in [5, 5.41) is 14.4. The lowest BCUT2D eigenvalue weighted by Crippen LogP contribution is -2.38. The minimum atomic E-state index is -0.299. The molecule has 0 bridgehead atoms. The minimum absolute atomic E-state index is 0.257. The van der Waals surface area contributed by atoms with E-state index < -0.39 is 0 Å². The lowest BCUT2D eigenvalue weighted by atomic mass is 9.97. The Labute approximate surface area is 263 Å². The number of nitrogens with zero attached hydrogens (tertiary/aromatic N) is 8. The molecule has 3 aliphatic rings. The van der Waals surface area contributed by atoms with Crippen molar-refractivity contribution in [2.75, 3.05) is 65.6 Å². The molecule has 3 N–H and O–H groups in total. The third kappa shape index (κ3) is 5.96. The maximum Gasteiger partial charge on any atom is 0.321 e. The Morgan fingerprint density at radius 1 is 0.800 bits per heavy atom. The number of nitrogens with one attached hydrogen (secondary N) is 3. The van der Waals surface area contributed by atoms with Gasteiger partial charge in [-0.15, -0.1) is 0 Å². The lowest BCUT2D eigenvalue weighted by Gasteiger charge is -2.30. The molecule has 2 amide bonds. The van der Waals surface area contributed by atoms with Crippen LogP contribution in [0.3, 0.4) is 0 Å². The van der Waals surface area contributed by atoms with E-state index in [-0.39, 0.29) is 12.1 Å². The van der Waals surface area contributed by atoms with Crippen LogP contribution in [-0.4, -0.2) is 71.0 Å². The number of piperidine rings is 2. The molecule has 7 rings (SSSR count). The van der Waals surface area contributed by atoms with Crippen molar-refractivity contribution >= 4 is 41.1 Å². The summed E-state index contributed by atoms with van der Waals surface area (Å²) in [6, 6.07) is 15.6. The fourth-order valence-electron chi connectivity index (χ4n) is 6.45. The van der Waals surface area contributed by atoms with Crippen LogP contribution in [0.25, 0.3) is 5.69 Å². The van der Waals surface area contributed by atoms with E-state index >= 15 is 0 Å². The Bertz CT molecular complexity index is 1620. The number of rotatable bonds is 7. The van der Waals surface area contributed by atoms with E-state index in [1.807, 2.05) is 45.3 Å². The molecule has 2 aromatic heterocycles. The quantitative estimate of drug-likeness (QED) is 0.254. The van der Waals surface area contributed by atoms with Gasteiger partial charge in [0, 0.05) is 57.2 Å². The fourth-order valence-corrected chi connectivity index (χ4v) is 6.45. The van der Waals surface area contributed by atoms with E-state index in [2.05, 4.69) is 54.9 Å². The van der Waals surface area contributed by atoms with Gasteiger partial charge in [-0.3, -0.25) is 5.32 Å². The molecule has 45 heavy (non-hydrogen) atoms. The maximum atomic E-state index is 12.8. The Morgan fingerprint density at radius 3 is 1.98 bits per heavy atom. The van der Waals surface area contributed by atoms with Crippen LogP contribution < -0.4 is 30.7 Å². The molecule has 12 nitrogen and oxygen atoms in total. The average Bonchev–Trinajstić information content (AvgIpc) is 3.41. The first-order chi connectivity index (χ1) is 21.9. The van der Waals surface area contributed by atoms with Crippen molar-refractivity contribution in [3.63, 3.8) is 0 Å². The SMILES string of the molecule is Cc1nn(-c2ccc(Nc3nc(N4CCCCC4)nc(N4CCCCC4)n3)cc2)c2c1C(c1ccc(N(C)C)cc1)NC(=O)N2. The molecule has 234 valence electrons. The molecule has 5 heterocycles. The largest absolute Gasteiger partial charge is 0.378 e. The van der Waals surface area contributed by atoms with Crippen LogP contribution in [0.5, 0.6) is 0 Å². The highest BCUT2D eigenvalue weighted by atomic mass is 16.2. The van der Waals surface area contributed by atoms with Crippen molar-refractivity contribution in [3.05, 3.63) is 65.4 Å². The van der Waals surface area contributed by atoms with E-state index in [4.69, 9.17) is 20.1 Å². The van der Waals surface area contributed by atoms with Gasteiger partial charge >= 0.3 is 6.03 Å². The van der Waals surface area contributed by atoms with Gasteiger partial charge in [0.15, 0.2) is 0 Å². The molecule has 3 aliphatic heterocycles. The smallest absolute Gasteiger partial charge is 0.321 e. The molecule has 1 atom stereocenters. The molecule has 1 unspecified atom stereocenters. The number of aromatic nitrogens is 5. The number of amides is 2. The number of hydrogen-bond donors (Lipinski definition) is 3. The Balaban J connectivity index is 1.15. The van der Waals surface area contributed by atoms with E-state index in [0.29, 0.717) is 11.8 Å². The van der Waals surface area contributed by atoms with Gasteiger partial charge in [-0.05, 0) is 87.4 Å². The highest BCUT2D eigenvalue weighted by Crippen LogP contribution is 2.36. The predicted molar refractivity (Wildman–Crippen MR) is 178 cm³/mol. The van der Waals surface area contributed by atoms with Gasteiger partial charge in [0.1, 0.15) is 5.82 Å². The summed E-state index contributed by atoms with van der Waals surface area (Å²) in [7, 11) is 4.02. The summed E-state index contributed by atoms with van der Waals surface area (Å²) in [6.45, 7) is 5.87. The molecule has 4 aromatic rings. The highest BCUT2D eigenvalue weighted by Gasteiger charge is 2.32. The zero-order valence-corrected chi connectivity index (χ0v) is 26.3. The number of hydrogen-bond acceptors (Lipinski definition) is 9. The lowest BCUT2D eigenvalue weighted by molar-refractivity contribution is 0.249. The number of benzene rings is 2. The molecule has 0 spiro atoms. The average molecular weight is 608 g/mol. The molecule has 2 aromatic carbocycles. The topological polar surface area (TPSA) is 119 Å². The first kappa shape index (κ1) is 28.9. The molecule has 2 saturated heterocycles.